The van der Waals surface area contributed by atoms with Crippen molar-refractivity contribution < 1.29 is 66.3 Å². The van der Waals surface area contributed by atoms with Gasteiger partial charge in [-0.15, -0.1) is 6.58 Å². The molecule has 24 nitrogen and oxygen atoms in total. The number of fused-ring (bicyclic) bond motifs is 1. The van der Waals surface area contributed by atoms with Crippen LogP contribution in [0.1, 0.15) is 37.3 Å². The van der Waals surface area contributed by atoms with E-state index in [4.69, 9.17) is 46.3 Å². The smallest absolute Gasteiger partial charge is 0.455 e. The first-order chi connectivity index (χ1) is 28.9. The number of nitrogens with two attached hydrogens (primary N) is 2. The zero-order chi connectivity index (χ0) is 44.2. The molecule has 3 aromatic heterocycles. The average Bonchev–Trinajstić information content (AvgIpc) is 3.89. The fourth-order valence-corrected chi connectivity index (χ4v) is 8.16. The molecule has 8 N–H and O–H groups in total. The average molecular weight is 914 g/mol. The Hall–Kier alpha value is -4.68. The van der Waals surface area contributed by atoms with E-state index < -0.39 is 95.4 Å². The number of benzene rings is 1. The molecule has 0 aliphatic carbocycles. The van der Waals surface area contributed by atoms with Crippen LogP contribution in [0.5, 0.6) is 0 Å². The zero-order valence-corrected chi connectivity index (χ0v) is 34.6. The Labute approximate surface area is 350 Å². The fourth-order valence-electron chi connectivity index (χ4n) is 6.64. The summed E-state index contributed by atoms with van der Waals surface area (Å²) >= 11 is 6.43. The van der Waals surface area contributed by atoms with Crippen LogP contribution < -0.4 is 17.2 Å². The quantitative estimate of drug-likeness (QED) is 0.0461. The normalized spacial score (nSPS) is 24.3. The molecular weight excluding hydrogens is 872 g/mol. The van der Waals surface area contributed by atoms with Crippen molar-refractivity contribution in [1.29, 1.82) is 0 Å². The Bertz CT molecular complexity index is 2400. The predicted molar refractivity (Wildman–Crippen MR) is 211 cm³/mol. The lowest BCUT2D eigenvalue weighted by atomic mass is 10.0. The Balaban J connectivity index is 1.26. The van der Waals surface area contributed by atoms with Crippen molar-refractivity contribution in [1.82, 2.24) is 34.0 Å². The van der Waals surface area contributed by atoms with Crippen LogP contribution >= 0.6 is 27.2 Å². The van der Waals surface area contributed by atoms with Gasteiger partial charge < -0.3 is 50.4 Å². The monoisotopic (exact) mass is 913 g/mol. The number of nitrogens with zero attached hydrogens (tertiary/aromatic N) is 7. The molecule has 5 heterocycles. The number of aromatic nitrogens is 6. The molecule has 5 unspecified atom stereocenters. The number of allylic oxidation sites excluding steroid dienone is 1. The lowest BCUT2D eigenvalue weighted by molar-refractivity contribution is -0.165. The van der Waals surface area contributed by atoms with E-state index in [1.807, 2.05) is 0 Å². The van der Waals surface area contributed by atoms with Gasteiger partial charge in [-0.1, -0.05) is 35.9 Å². The lowest BCUT2D eigenvalue weighted by Crippen LogP contribution is -2.48. The van der Waals surface area contributed by atoms with Crippen LogP contribution in [0.2, 0.25) is 5.02 Å². The Morgan fingerprint density at radius 3 is 2.52 bits per heavy atom. The van der Waals surface area contributed by atoms with Gasteiger partial charge >= 0.3 is 27.3 Å². The summed E-state index contributed by atoms with van der Waals surface area (Å²) < 4.78 is 60.4. The summed E-state index contributed by atoms with van der Waals surface area (Å²) in [5.41, 5.74) is 11.4. The number of hydrogen-bond acceptors (Lipinski definition) is 18. The molecule has 1 aromatic carbocycles. The van der Waals surface area contributed by atoms with Gasteiger partial charge in [0.25, 0.3) is 0 Å². The minimum Gasteiger partial charge on any atom is -0.455 e. The SMILES string of the molecule is C=CCCC(=O)N(C)[C@H](Cc1ccccc1Cl)C(=O)OC1C(COP(=O)(O)O[C@H]2C[C@H](n3ccc(N)nc3=O)O[C@@H]2COP(=O)(O)O)OC(n2cnc3c(N)ncnc32)C1O. The summed E-state index contributed by atoms with van der Waals surface area (Å²) in [4.78, 5) is 86.6. The molecule has 61 heavy (non-hydrogen) atoms. The molecule has 0 spiro atoms. The van der Waals surface area contributed by atoms with Gasteiger partial charge in [-0.2, -0.15) is 4.98 Å². The van der Waals surface area contributed by atoms with Crippen molar-refractivity contribution in [2.45, 2.75) is 74.7 Å². The highest BCUT2D eigenvalue weighted by Crippen LogP contribution is 2.50. The van der Waals surface area contributed by atoms with Gasteiger partial charge in [0.15, 0.2) is 23.8 Å². The van der Waals surface area contributed by atoms with Crippen molar-refractivity contribution in [2.75, 3.05) is 31.7 Å². The summed E-state index contributed by atoms with van der Waals surface area (Å²) in [6, 6.07) is 6.61. The van der Waals surface area contributed by atoms with E-state index in [1.165, 1.54) is 35.1 Å². The standard InChI is InChI=1S/C34H42ClN9O15P2/c1-3-4-9-25(45)42(2)20(12-18-7-5-6-8-19(18)35)33(47)58-29-23(57-32(28(29)46)44-17-40-27-30(37)38-16-39-31(27)44)15-55-61(52,53)59-21-13-26(43-11-10-24(36)41-34(43)48)56-22(21)14-54-60(49,50)51/h3,5-8,10-11,16-17,20-23,26,28-29,32,46H,1,4,9,12-15H2,2H3,(H,52,53)(H2,36,41,48)(H2,37,38,39)(H2,49,50,51)/t20-,21+,22-,23?,26-,28?,29?,32?/m1/s1. The van der Waals surface area contributed by atoms with Crippen LogP contribution in [0.15, 0.2) is 66.6 Å². The van der Waals surface area contributed by atoms with Gasteiger partial charge in [-0.05, 0) is 24.1 Å². The number of ether oxygens (including phenoxy) is 3. The van der Waals surface area contributed by atoms with Crippen LogP contribution in [0.3, 0.4) is 0 Å². The van der Waals surface area contributed by atoms with Crippen molar-refractivity contribution in [2.24, 2.45) is 0 Å². The van der Waals surface area contributed by atoms with Crippen molar-refractivity contribution in [3.63, 3.8) is 0 Å². The fraction of sp³-hybridized carbons (Fsp3) is 0.441. The first kappa shape index (κ1) is 45.8. The molecule has 9 atom stereocenters. The maximum atomic E-state index is 14.2. The number of aliphatic hydroxyl groups excluding tert-OH is 1. The number of aliphatic hydroxyl groups is 1. The minimum absolute atomic E-state index is 0.00389. The molecule has 0 bridgehead atoms. The van der Waals surface area contributed by atoms with Crippen LogP contribution in [-0.2, 0) is 52.9 Å². The first-order valence-corrected chi connectivity index (χ1v) is 21.7. The highest BCUT2D eigenvalue weighted by atomic mass is 35.5. The summed E-state index contributed by atoms with van der Waals surface area (Å²) in [7, 11) is -8.92. The number of halogens is 1. The molecular formula is C34H42ClN9O15P2. The van der Waals surface area contributed by atoms with Crippen LogP contribution in [-0.4, -0.2) is 122 Å². The second kappa shape index (κ2) is 19.2. The van der Waals surface area contributed by atoms with Crippen LogP contribution in [0, 0.1) is 0 Å². The first-order valence-electron chi connectivity index (χ1n) is 18.3. The molecule has 0 radical (unpaired) electrons. The molecule has 0 saturated carbocycles. The van der Waals surface area contributed by atoms with E-state index >= 15 is 0 Å². The Morgan fingerprint density at radius 2 is 1.82 bits per heavy atom. The summed E-state index contributed by atoms with van der Waals surface area (Å²) in [5, 5.41) is 12.1. The van der Waals surface area contributed by atoms with Gasteiger partial charge in [0, 0.05) is 37.5 Å². The highest BCUT2D eigenvalue weighted by Gasteiger charge is 2.50. The number of amides is 1. The topological polar surface area (TPSA) is 338 Å². The number of nitrogen functional groups attached to an aromatic ring is 2. The Kier molecular flexibility index (Phi) is 14.4. The molecule has 6 rings (SSSR count). The van der Waals surface area contributed by atoms with E-state index in [0.717, 1.165) is 10.9 Å². The van der Waals surface area contributed by atoms with Crippen LogP contribution in [0.25, 0.3) is 11.2 Å². The molecule has 1 amide bonds. The maximum absolute atomic E-state index is 14.2. The van der Waals surface area contributed by atoms with Gasteiger partial charge in [-0.3, -0.25) is 27.5 Å². The lowest BCUT2D eigenvalue weighted by Gasteiger charge is -2.30. The third kappa shape index (κ3) is 11.0. The minimum atomic E-state index is -5.24. The van der Waals surface area contributed by atoms with E-state index in [-0.39, 0.29) is 42.1 Å². The van der Waals surface area contributed by atoms with Crippen LogP contribution in [0.4, 0.5) is 11.6 Å². The van der Waals surface area contributed by atoms with Gasteiger partial charge in [0.1, 0.15) is 54.3 Å². The predicted octanol–water partition coefficient (Wildman–Crippen LogP) is 1.01. The van der Waals surface area contributed by atoms with Gasteiger partial charge in [-0.25, -0.2) is 33.7 Å². The van der Waals surface area contributed by atoms with Gasteiger partial charge in [0.2, 0.25) is 5.91 Å². The molecule has 330 valence electrons. The molecule has 2 saturated heterocycles. The number of carbonyl (C=O) groups is 2. The number of rotatable bonds is 18. The molecule has 2 fully saturated rings. The van der Waals surface area contributed by atoms with Crippen molar-refractivity contribution in [3.05, 3.63) is 82.9 Å². The van der Waals surface area contributed by atoms with Crippen molar-refractivity contribution in [3.8, 4) is 0 Å². The van der Waals surface area contributed by atoms with E-state index in [9.17, 15) is 43.3 Å². The summed E-state index contributed by atoms with van der Waals surface area (Å²) in [5.74, 6) is -1.54. The Morgan fingerprint density at radius 1 is 1.08 bits per heavy atom. The number of phosphoric ester groups is 2. The zero-order valence-electron chi connectivity index (χ0n) is 32.1. The second-order valence-electron chi connectivity index (χ2n) is 13.8. The number of imidazole rings is 1. The number of phosphoric acid groups is 2. The third-order valence-electron chi connectivity index (χ3n) is 9.71. The number of esters is 1. The number of likely N-dealkylation sites (N-methyl/N-ethyl adjacent to an activating group) is 1. The third-order valence-corrected chi connectivity index (χ3v) is 11.6. The number of hydrogen-bond donors (Lipinski definition) is 6. The van der Waals surface area contributed by atoms with E-state index in [0.29, 0.717) is 17.0 Å². The summed E-state index contributed by atoms with van der Waals surface area (Å²) in [6.07, 6.45) is -5.51. The molecule has 2 aliphatic heterocycles. The number of anilines is 2. The molecule has 4 aromatic rings. The number of carbonyl (C=O) groups excluding carboxylic acids is 2. The largest absolute Gasteiger partial charge is 0.472 e. The highest BCUT2D eigenvalue weighted by molar-refractivity contribution is 7.47. The maximum Gasteiger partial charge on any atom is 0.472 e. The van der Waals surface area contributed by atoms with E-state index in [2.05, 4.69) is 31.0 Å². The second-order valence-corrected chi connectivity index (χ2v) is 16.8. The van der Waals surface area contributed by atoms with Crippen molar-refractivity contribution >= 4 is 61.9 Å². The summed E-state index contributed by atoms with van der Waals surface area (Å²) in [6.45, 7) is 1.88. The molecule has 27 heteroatoms. The van der Waals surface area contributed by atoms with Gasteiger partial charge in [0.05, 0.1) is 19.5 Å². The molecule has 2 aliphatic rings. The van der Waals surface area contributed by atoms with E-state index in [1.54, 1.807) is 30.3 Å².